The van der Waals surface area contributed by atoms with E-state index in [1.54, 1.807) is 23.5 Å². The summed E-state index contributed by atoms with van der Waals surface area (Å²) < 4.78 is 106. The number of fused-ring (bicyclic) bond motifs is 1. The lowest BCUT2D eigenvalue weighted by Gasteiger charge is -2.39. The molecule has 19 heteroatoms. The number of anilines is 1. The number of carboxylic acid groups (broad SMARTS) is 1. The number of rotatable bonds is 8. The van der Waals surface area contributed by atoms with Gasteiger partial charge < -0.3 is 24.6 Å². The molecule has 0 unspecified atom stereocenters. The first kappa shape index (κ1) is 38.4. The number of hydrogen-bond donors (Lipinski definition) is 2. The van der Waals surface area contributed by atoms with Gasteiger partial charge in [0, 0.05) is 48.5 Å². The fourth-order valence-electron chi connectivity index (χ4n) is 6.33. The number of alkyl halides is 6. The molecule has 0 radical (unpaired) electrons. The highest BCUT2D eigenvalue weighted by Crippen LogP contribution is 2.39. The van der Waals surface area contributed by atoms with Crippen LogP contribution < -0.4 is 15.8 Å². The molecule has 0 bridgehead atoms. The number of amides is 1. The molecule has 1 saturated heterocycles. The first-order valence-electron chi connectivity index (χ1n) is 16.0. The number of hydrogen-bond acceptors (Lipinski definition) is 6. The zero-order chi connectivity index (χ0) is 38.5. The number of aliphatic carboxylic acids is 1. The summed E-state index contributed by atoms with van der Waals surface area (Å²) in [5.74, 6) is -3.85. The van der Waals surface area contributed by atoms with E-state index in [1.165, 1.54) is 50.5 Å². The van der Waals surface area contributed by atoms with E-state index in [-0.39, 0.29) is 52.1 Å². The third-order valence-corrected chi connectivity index (χ3v) is 9.08. The topological polar surface area (TPSA) is 114 Å². The quantitative estimate of drug-likeness (QED) is 0.212. The Balaban J connectivity index is 1.54. The molecule has 9 nitrogen and oxygen atoms in total. The average Bonchev–Trinajstić information content (AvgIpc) is 3.05. The molecular formula is C33H32B3F7N4O5. The van der Waals surface area contributed by atoms with Crippen LogP contribution in [0.5, 0.6) is 0 Å². The number of aromatic nitrogens is 2. The van der Waals surface area contributed by atoms with Gasteiger partial charge in [0.2, 0.25) is 0 Å². The van der Waals surface area contributed by atoms with Crippen LogP contribution in [-0.2, 0) is 34.3 Å². The number of nitrogens with one attached hydrogen (secondary N) is 1. The van der Waals surface area contributed by atoms with Crippen molar-refractivity contribution >= 4 is 52.0 Å². The van der Waals surface area contributed by atoms with E-state index in [1.807, 2.05) is 0 Å². The van der Waals surface area contributed by atoms with Gasteiger partial charge in [-0.1, -0.05) is 23.3 Å². The SMILES string of the molecule is BC(B)(B)c1cc(N2CCOC[C@@H]2C(F)(F)F)cc(F)c1C(=O)N[C@@H](Cc1ccc(-c2c(C(F)(F)F)cc(C)n(C)c2=O)c2ncccc12)C(=O)O. The molecule has 0 aliphatic carbocycles. The van der Waals surface area contributed by atoms with Gasteiger partial charge in [0.25, 0.3) is 11.5 Å². The van der Waals surface area contributed by atoms with Crippen LogP contribution >= 0.6 is 0 Å². The van der Waals surface area contributed by atoms with Crippen molar-refractivity contribution in [2.24, 2.45) is 7.05 Å². The molecule has 2 atom stereocenters. The Bertz CT molecular complexity index is 2120. The van der Waals surface area contributed by atoms with Gasteiger partial charge >= 0.3 is 18.3 Å². The maximum absolute atomic E-state index is 15.9. The molecular weight excluding hydrogens is 698 g/mol. The van der Waals surface area contributed by atoms with Gasteiger partial charge in [-0.25, -0.2) is 9.18 Å². The van der Waals surface area contributed by atoms with Crippen LogP contribution in [-0.4, -0.2) is 88.1 Å². The van der Waals surface area contributed by atoms with Gasteiger partial charge in [0.05, 0.1) is 59.0 Å². The predicted octanol–water partition coefficient (Wildman–Crippen LogP) is 2.27. The Labute approximate surface area is 295 Å². The molecule has 2 N–H and O–H groups in total. The lowest BCUT2D eigenvalue weighted by atomic mass is 9.39. The molecule has 0 saturated carbocycles. The van der Waals surface area contributed by atoms with Gasteiger partial charge in [-0.15, -0.1) is 0 Å². The number of benzene rings is 2. The molecule has 1 aliphatic heterocycles. The third-order valence-electron chi connectivity index (χ3n) is 9.08. The van der Waals surface area contributed by atoms with Crippen LogP contribution in [0.15, 0.2) is 53.5 Å². The molecule has 52 heavy (non-hydrogen) atoms. The van der Waals surface area contributed by atoms with Gasteiger partial charge in [-0.3, -0.25) is 14.6 Å². The van der Waals surface area contributed by atoms with Gasteiger partial charge in [-0.2, -0.15) is 26.3 Å². The zero-order valence-corrected chi connectivity index (χ0v) is 28.7. The molecule has 272 valence electrons. The number of carboxylic acids is 1. The normalized spacial score (nSPS) is 16.2. The van der Waals surface area contributed by atoms with Crippen LogP contribution in [0.3, 0.4) is 0 Å². The average molecular weight is 730 g/mol. The zero-order valence-electron chi connectivity index (χ0n) is 28.7. The number of carbonyl (C=O) groups excluding carboxylic acids is 1. The first-order chi connectivity index (χ1) is 24.1. The number of halogens is 7. The van der Waals surface area contributed by atoms with Crippen LogP contribution in [0, 0.1) is 12.7 Å². The van der Waals surface area contributed by atoms with E-state index in [9.17, 15) is 45.8 Å². The fraction of sp³-hybridized carbons (Fsp3) is 0.333. The minimum atomic E-state index is -4.90. The Hall–Kier alpha value is -4.80. The molecule has 1 aliphatic rings. The number of pyridine rings is 2. The summed E-state index contributed by atoms with van der Waals surface area (Å²) in [5.41, 5.74) is -3.28. The first-order valence-corrected chi connectivity index (χ1v) is 16.0. The van der Waals surface area contributed by atoms with Crippen molar-refractivity contribution in [3.8, 4) is 11.1 Å². The summed E-state index contributed by atoms with van der Waals surface area (Å²) >= 11 is 0. The maximum atomic E-state index is 15.9. The van der Waals surface area contributed by atoms with Crippen LogP contribution in [0.1, 0.15) is 32.7 Å². The minimum Gasteiger partial charge on any atom is -0.480 e. The summed E-state index contributed by atoms with van der Waals surface area (Å²) in [6, 6.07) is 4.65. The summed E-state index contributed by atoms with van der Waals surface area (Å²) in [6.45, 7) is 0.447. The number of carbonyl (C=O) groups is 2. The summed E-state index contributed by atoms with van der Waals surface area (Å²) in [7, 11) is 6.17. The van der Waals surface area contributed by atoms with Gasteiger partial charge in [0.15, 0.2) is 0 Å². The van der Waals surface area contributed by atoms with Crippen molar-refractivity contribution < 1.29 is 50.2 Å². The van der Waals surface area contributed by atoms with Crippen molar-refractivity contribution in [2.75, 3.05) is 24.7 Å². The van der Waals surface area contributed by atoms with Crippen molar-refractivity contribution in [2.45, 2.75) is 42.9 Å². The lowest BCUT2D eigenvalue weighted by molar-refractivity contribution is -0.167. The van der Waals surface area contributed by atoms with E-state index < -0.39 is 82.5 Å². The molecule has 5 rings (SSSR count). The van der Waals surface area contributed by atoms with Crippen LogP contribution in [0.25, 0.3) is 22.0 Å². The van der Waals surface area contributed by atoms with Crippen molar-refractivity contribution in [1.82, 2.24) is 14.9 Å². The van der Waals surface area contributed by atoms with Crippen LogP contribution in [0.2, 0.25) is 0 Å². The molecule has 3 heterocycles. The Morgan fingerprint density at radius 3 is 2.38 bits per heavy atom. The van der Waals surface area contributed by atoms with E-state index in [2.05, 4.69) is 10.3 Å². The van der Waals surface area contributed by atoms with Crippen molar-refractivity contribution in [3.05, 3.63) is 92.8 Å². The molecule has 4 aromatic rings. The highest BCUT2D eigenvalue weighted by atomic mass is 19.4. The van der Waals surface area contributed by atoms with Crippen LogP contribution in [0.4, 0.5) is 36.4 Å². The molecule has 1 fully saturated rings. The van der Waals surface area contributed by atoms with Gasteiger partial charge in [0.1, 0.15) is 17.9 Å². The van der Waals surface area contributed by atoms with E-state index in [4.69, 9.17) is 4.74 Å². The minimum absolute atomic E-state index is 0.0238. The Morgan fingerprint density at radius 2 is 1.77 bits per heavy atom. The van der Waals surface area contributed by atoms with Gasteiger partial charge in [-0.05, 0) is 42.3 Å². The number of ether oxygens (including phenoxy) is 1. The fourth-order valence-corrected chi connectivity index (χ4v) is 6.33. The predicted molar refractivity (Wildman–Crippen MR) is 186 cm³/mol. The second-order valence-electron chi connectivity index (χ2n) is 13.6. The van der Waals surface area contributed by atoms with E-state index >= 15 is 4.39 Å². The number of aryl methyl sites for hydroxylation is 1. The standard InChI is InChI=1S/C33H32B3F7N4O5/c1-15-10-21(32(38,39)40)25(29(49)46(15)2)19-6-5-16(18-4-3-7-44-27(18)19)11-23(30(50)51)45-28(48)26-20(31(34,35)36)12-17(13-22(26)37)47-8-9-52-14-24(47)33(41,42)43/h3-7,10,12-13,23-24H,8-9,11,14,34-36H2,1-2H3,(H,45,48)(H,50,51)/t23-,24+/m0/s1. The van der Waals surface area contributed by atoms with Crippen molar-refractivity contribution in [3.63, 3.8) is 0 Å². The third kappa shape index (κ3) is 7.54. The second kappa shape index (κ2) is 14.0. The number of morpholine rings is 1. The highest BCUT2D eigenvalue weighted by molar-refractivity contribution is 6.59. The smallest absolute Gasteiger partial charge is 0.417 e. The molecule has 1 amide bonds. The monoisotopic (exact) mass is 730 g/mol. The van der Waals surface area contributed by atoms with Crippen molar-refractivity contribution in [1.29, 1.82) is 0 Å². The summed E-state index contributed by atoms with van der Waals surface area (Å²) in [4.78, 5) is 44.6. The molecule has 2 aromatic heterocycles. The number of nitrogens with zero attached hydrogens (tertiary/aromatic N) is 3. The Kier molecular flexibility index (Phi) is 10.3. The van der Waals surface area contributed by atoms with E-state index in [0.717, 1.165) is 21.6 Å². The Morgan fingerprint density at radius 1 is 1.08 bits per heavy atom. The summed E-state index contributed by atoms with van der Waals surface area (Å²) in [5, 5.41) is 11.7. The van der Waals surface area contributed by atoms with E-state index in [0.29, 0.717) is 0 Å². The molecule has 0 spiro atoms. The second-order valence-corrected chi connectivity index (χ2v) is 13.6. The summed E-state index contributed by atoms with van der Waals surface area (Å²) in [6.07, 6.45) is -8.73. The largest absolute Gasteiger partial charge is 0.480 e. The molecule has 2 aromatic carbocycles. The lowest BCUT2D eigenvalue weighted by Crippen LogP contribution is -2.53. The highest BCUT2D eigenvalue weighted by Gasteiger charge is 2.46. The maximum Gasteiger partial charge on any atom is 0.417 e.